The molecule has 1 saturated heterocycles. The lowest BCUT2D eigenvalue weighted by Crippen LogP contribution is -2.49. The number of carbonyl (C=O) groups is 2. The summed E-state index contributed by atoms with van der Waals surface area (Å²) in [5, 5.41) is 2.22. The van der Waals surface area contributed by atoms with Gasteiger partial charge in [0.05, 0.1) is 0 Å². The molecule has 0 bridgehead atoms. The van der Waals surface area contributed by atoms with Gasteiger partial charge in [0.2, 0.25) is 5.91 Å². The Morgan fingerprint density at radius 1 is 1.58 bits per heavy atom. The van der Waals surface area contributed by atoms with Gasteiger partial charge in [-0.25, -0.2) is 4.79 Å². The summed E-state index contributed by atoms with van der Waals surface area (Å²) in [6, 6.07) is -0.332. The highest BCUT2D eigenvalue weighted by Crippen LogP contribution is 2.00. The first-order chi connectivity index (χ1) is 5.74. The number of urea groups is 1. The predicted molar refractivity (Wildman–Crippen MR) is 43.2 cm³/mol. The molecule has 4 nitrogen and oxygen atoms in total. The molecule has 1 aliphatic rings. The first kappa shape index (κ1) is 8.60. The van der Waals surface area contributed by atoms with Crippen molar-refractivity contribution < 1.29 is 9.59 Å². The van der Waals surface area contributed by atoms with Gasteiger partial charge in [-0.05, 0) is 0 Å². The Labute approximate surface area is 70.9 Å². The molecule has 0 radical (unpaired) electrons. The third-order valence-electron chi connectivity index (χ3n) is 1.67. The van der Waals surface area contributed by atoms with Gasteiger partial charge in [0, 0.05) is 25.9 Å². The van der Waals surface area contributed by atoms with E-state index in [1.165, 1.54) is 0 Å². The average molecular weight is 166 g/mol. The quantitative estimate of drug-likeness (QED) is 0.585. The summed E-state index contributed by atoms with van der Waals surface area (Å²) in [6.07, 6.45) is 5.94. The molecule has 1 fully saturated rings. The van der Waals surface area contributed by atoms with Crippen LogP contribution in [0.25, 0.3) is 0 Å². The second kappa shape index (κ2) is 3.77. The summed E-state index contributed by atoms with van der Waals surface area (Å²) in [4.78, 5) is 23.3. The minimum Gasteiger partial charge on any atom is -0.323 e. The van der Waals surface area contributed by atoms with Crippen molar-refractivity contribution in [1.82, 2.24) is 10.2 Å². The van der Waals surface area contributed by atoms with Crippen LogP contribution in [0.3, 0.4) is 0 Å². The molecule has 1 N–H and O–H groups in total. The number of imide groups is 1. The van der Waals surface area contributed by atoms with Crippen LogP contribution < -0.4 is 5.32 Å². The zero-order chi connectivity index (χ0) is 8.97. The molecule has 4 heteroatoms. The Kier molecular flexibility index (Phi) is 2.70. The van der Waals surface area contributed by atoms with Gasteiger partial charge in [-0.15, -0.1) is 12.3 Å². The zero-order valence-corrected chi connectivity index (χ0v) is 6.67. The summed E-state index contributed by atoms with van der Waals surface area (Å²) in [7, 11) is 0. The molecule has 3 amide bonds. The van der Waals surface area contributed by atoms with Crippen molar-refractivity contribution in [1.29, 1.82) is 0 Å². The Balaban J connectivity index is 2.41. The van der Waals surface area contributed by atoms with E-state index in [2.05, 4.69) is 11.2 Å². The first-order valence-electron chi connectivity index (χ1n) is 3.76. The van der Waals surface area contributed by atoms with Crippen molar-refractivity contribution >= 4 is 11.9 Å². The van der Waals surface area contributed by atoms with Crippen molar-refractivity contribution in [2.45, 2.75) is 12.8 Å². The molecule has 0 saturated carbocycles. The van der Waals surface area contributed by atoms with Gasteiger partial charge >= 0.3 is 6.03 Å². The number of amides is 3. The fourth-order valence-electron chi connectivity index (χ4n) is 1.01. The van der Waals surface area contributed by atoms with E-state index in [1.54, 1.807) is 4.90 Å². The second-order valence-corrected chi connectivity index (χ2v) is 2.54. The van der Waals surface area contributed by atoms with E-state index in [0.717, 1.165) is 0 Å². The Morgan fingerprint density at radius 3 is 2.92 bits per heavy atom. The number of rotatable bonds is 2. The SMILES string of the molecule is C#CCCN1CCC(=O)NC1=O. The molecule has 1 aliphatic heterocycles. The third-order valence-corrected chi connectivity index (χ3v) is 1.67. The monoisotopic (exact) mass is 166 g/mol. The molecule has 12 heavy (non-hydrogen) atoms. The van der Waals surface area contributed by atoms with Crippen LogP contribution in [0.5, 0.6) is 0 Å². The van der Waals surface area contributed by atoms with E-state index in [9.17, 15) is 9.59 Å². The summed E-state index contributed by atoms with van der Waals surface area (Å²) in [5.41, 5.74) is 0. The average Bonchev–Trinajstić information content (AvgIpc) is 2.03. The molecule has 0 atom stereocenters. The smallest absolute Gasteiger partial charge is 0.323 e. The normalized spacial score (nSPS) is 17.1. The molecule has 1 rings (SSSR count). The van der Waals surface area contributed by atoms with Crippen molar-refractivity contribution in [3.8, 4) is 12.3 Å². The fourth-order valence-corrected chi connectivity index (χ4v) is 1.01. The topological polar surface area (TPSA) is 49.4 Å². The van der Waals surface area contributed by atoms with E-state index >= 15 is 0 Å². The molecule has 1 heterocycles. The van der Waals surface area contributed by atoms with Crippen molar-refractivity contribution in [2.75, 3.05) is 13.1 Å². The van der Waals surface area contributed by atoms with Crippen LogP contribution in [0.2, 0.25) is 0 Å². The van der Waals surface area contributed by atoms with Crippen LogP contribution in [-0.2, 0) is 4.79 Å². The van der Waals surface area contributed by atoms with Gasteiger partial charge in [0.15, 0.2) is 0 Å². The van der Waals surface area contributed by atoms with Gasteiger partial charge in [0.1, 0.15) is 0 Å². The molecule has 0 aromatic carbocycles. The highest BCUT2D eigenvalue weighted by atomic mass is 16.2. The number of nitrogens with one attached hydrogen (secondary N) is 1. The summed E-state index contributed by atoms with van der Waals surface area (Å²) in [6.45, 7) is 1.00. The van der Waals surface area contributed by atoms with Gasteiger partial charge in [-0.3, -0.25) is 10.1 Å². The number of nitrogens with zero attached hydrogens (tertiary/aromatic N) is 1. The van der Waals surface area contributed by atoms with E-state index in [4.69, 9.17) is 6.42 Å². The maximum atomic E-state index is 11.0. The zero-order valence-electron chi connectivity index (χ0n) is 6.67. The summed E-state index contributed by atoms with van der Waals surface area (Å²) >= 11 is 0. The first-order valence-corrected chi connectivity index (χ1v) is 3.76. The van der Waals surface area contributed by atoms with Crippen LogP contribution in [0.15, 0.2) is 0 Å². The van der Waals surface area contributed by atoms with E-state index in [-0.39, 0.29) is 11.9 Å². The van der Waals surface area contributed by atoms with Gasteiger partial charge < -0.3 is 4.90 Å². The van der Waals surface area contributed by atoms with Crippen LogP contribution in [-0.4, -0.2) is 29.9 Å². The maximum Gasteiger partial charge on any atom is 0.324 e. The van der Waals surface area contributed by atoms with Gasteiger partial charge in [0.25, 0.3) is 0 Å². The molecule has 64 valence electrons. The highest BCUT2D eigenvalue weighted by Gasteiger charge is 2.21. The fraction of sp³-hybridized carbons (Fsp3) is 0.500. The predicted octanol–water partition coefficient (Wildman–Crippen LogP) is -0.0484. The molecule has 0 spiro atoms. The lowest BCUT2D eigenvalue weighted by atomic mass is 10.3. The van der Waals surface area contributed by atoms with Crippen molar-refractivity contribution in [2.24, 2.45) is 0 Å². The molecule has 0 aromatic rings. The van der Waals surface area contributed by atoms with E-state index in [0.29, 0.717) is 25.9 Å². The standard InChI is InChI=1S/C8H10N2O2/c1-2-3-5-10-6-4-7(11)9-8(10)12/h1H,3-6H2,(H,9,11,12). The van der Waals surface area contributed by atoms with Gasteiger partial charge in [-0.2, -0.15) is 0 Å². The van der Waals surface area contributed by atoms with E-state index < -0.39 is 0 Å². The Morgan fingerprint density at radius 2 is 2.33 bits per heavy atom. The lowest BCUT2D eigenvalue weighted by molar-refractivity contribution is -0.121. The molecule has 0 unspecified atom stereocenters. The second-order valence-electron chi connectivity index (χ2n) is 2.54. The van der Waals surface area contributed by atoms with Crippen LogP contribution in [0, 0.1) is 12.3 Å². The number of terminal acetylenes is 1. The molecular formula is C8H10N2O2. The third kappa shape index (κ3) is 1.99. The van der Waals surface area contributed by atoms with Crippen LogP contribution in [0.4, 0.5) is 4.79 Å². The number of carbonyl (C=O) groups excluding carboxylic acids is 2. The largest absolute Gasteiger partial charge is 0.324 e. The number of hydrogen-bond donors (Lipinski definition) is 1. The summed E-state index contributed by atoms with van der Waals surface area (Å²) in [5.74, 6) is 2.23. The Bertz CT molecular complexity index is 242. The Hall–Kier alpha value is -1.50. The van der Waals surface area contributed by atoms with Crippen molar-refractivity contribution in [3.63, 3.8) is 0 Å². The van der Waals surface area contributed by atoms with Crippen LogP contribution in [0.1, 0.15) is 12.8 Å². The highest BCUT2D eigenvalue weighted by molar-refractivity contribution is 5.96. The minimum absolute atomic E-state index is 0.211. The lowest BCUT2D eigenvalue weighted by Gasteiger charge is -2.25. The molecule has 0 aromatic heterocycles. The van der Waals surface area contributed by atoms with E-state index in [1.807, 2.05) is 0 Å². The molecule has 0 aliphatic carbocycles. The molecular weight excluding hydrogens is 156 g/mol. The summed E-state index contributed by atoms with van der Waals surface area (Å²) < 4.78 is 0. The number of hydrogen-bond acceptors (Lipinski definition) is 2. The van der Waals surface area contributed by atoms with Crippen molar-refractivity contribution in [3.05, 3.63) is 0 Å². The van der Waals surface area contributed by atoms with Gasteiger partial charge in [-0.1, -0.05) is 0 Å². The maximum absolute atomic E-state index is 11.0. The van der Waals surface area contributed by atoms with Crippen LogP contribution >= 0.6 is 0 Å². The minimum atomic E-state index is -0.332.